The molecule has 8 aromatic carbocycles. The first-order valence-electron chi connectivity index (χ1n) is 16.9. The maximum atomic E-state index is 6.52. The molecule has 9 aromatic rings. The van der Waals surface area contributed by atoms with Crippen LogP contribution < -0.4 is 11.1 Å². The lowest BCUT2D eigenvalue weighted by atomic mass is 9.92. The molecule has 0 saturated heterocycles. The summed E-state index contributed by atoms with van der Waals surface area (Å²) in [5, 5.41) is 10.8. The van der Waals surface area contributed by atoms with Crippen LogP contribution in [-0.4, -0.2) is 5.71 Å². The van der Waals surface area contributed by atoms with Crippen LogP contribution in [0.1, 0.15) is 16.7 Å². The third-order valence-corrected chi connectivity index (χ3v) is 9.51. The van der Waals surface area contributed by atoms with Crippen LogP contribution in [0.15, 0.2) is 179 Å². The van der Waals surface area contributed by atoms with E-state index in [1.807, 2.05) is 48.5 Å². The second-order valence-corrected chi connectivity index (χ2v) is 12.6. The maximum absolute atomic E-state index is 6.52. The molecular formula is C46H33N3O. The van der Waals surface area contributed by atoms with E-state index in [1.165, 1.54) is 32.7 Å². The molecule has 0 saturated carbocycles. The van der Waals surface area contributed by atoms with Gasteiger partial charge in [-0.2, -0.15) is 0 Å². The minimum absolute atomic E-state index is 0.505. The van der Waals surface area contributed by atoms with Crippen LogP contribution in [0, 0.1) is 0 Å². The van der Waals surface area contributed by atoms with Gasteiger partial charge < -0.3 is 15.5 Å². The van der Waals surface area contributed by atoms with E-state index >= 15 is 0 Å². The second kappa shape index (κ2) is 12.4. The molecule has 1 aromatic heterocycles. The summed E-state index contributed by atoms with van der Waals surface area (Å²) in [6.45, 7) is 0.505. The summed E-state index contributed by atoms with van der Waals surface area (Å²) in [5.41, 5.74) is 17.3. The number of rotatable bonds is 7. The maximum Gasteiger partial charge on any atom is 0.135 e. The van der Waals surface area contributed by atoms with E-state index in [0.29, 0.717) is 12.2 Å². The van der Waals surface area contributed by atoms with Crippen molar-refractivity contribution in [3.63, 3.8) is 0 Å². The van der Waals surface area contributed by atoms with Gasteiger partial charge >= 0.3 is 0 Å². The minimum atomic E-state index is 0.505. The topological polar surface area (TPSA) is 63.5 Å². The van der Waals surface area contributed by atoms with Crippen molar-refractivity contribution in [3.8, 4) is 11.1 Å². The number of anilines is 3. The molecule has 9 rings (SSSR count). The van der Waals surface area contributed by atoms with Gasteiger partial charge in [0.05, 0.1) is 12.3 Å². The fourth-order valence-electron chi connectivity index (χ4n) is 7.05. The highest BCUT2D eigenvalue weighted by Crippen LogP contribution is 2.40. The predicted molar refractivity (Wildman–Crippen MR) is 211 cm³/mol. The summed E-state index contributed by atoms with van der Waals surface area (Å²) in [5.74, 6) is 0. The lowest BCUT2D eigenvalue weighted by molar-refractivity contribution is 0.669. The molecule has 4 heteroatoms. The Balaban J connectivity index is 1.06. The fourth-order valence-corrected chi connectivity index (χ4v) is 7.05. The van der Waals surface area contributed by atoms with E-state index in [2.05, 4.69) is 127 Å². The summed E-state index contributed by atoms with van der Waals surface area (Å²) in [7, 11) is 0. The number of para-hydroxylation sites is 2. The number of nitrogens with zero attached hydrogens (tertiary/aromatic N) is 1. The summed E-state index contributed by atoms with van der Waals surface area (Å²) < 4.78 is 6.10. The lowest BCUT2D eigenvalue weighted by Gasteiger charge is -2.17. The van der Waals surface area contributed by atoms with E-state index in [4.69, 9.17) is 15.1 Å². The number of hydrogen-bond donors (Lipinski definition) is 2. The number of nitrogen functional groups attached to an aromatic ring is 1. The van der Waals surface area contributed by atoms with Crippen molar-refractivity contribution in [1.82, 2.24) is 0 Å². The summed E-state index contributed by atoms with van der Waals surface area (Å²) in [4.78, 5) is 5.18. The predicted octanol–water partition coefficient (Wildman–Crippen LogP) is 11.9. The number of fused-ring (bicyclic) bond motifs is 5. The molecule has 0 amide bonds. The Bertz CT molecular complexity index is 2720. The molecule has 0 bridgehead atoms. The van der Waals surface area contributed by atoms with Crippen molar-refractivity contribution in [3.05, 3.63) is 187 Å². The molecule has 0 aliphatic carbocycles. The quantitative estimate of drug-likeness (QED) is 0.134. The highest BCUT2D eigenvalue weighted by molar-refractivity contribution is 6.18. The molecule has 1 heterocycles. The van der Waals surface area contributed by atoms with Gasteiger partial charge in [0.1, 0.15) is 11.2 Å². The number of nitrogens with two attached hydrogens (primary N) is 1. The summed E-state index contributed by atoms with van der Waals surface area (Å²) in [6.07, 6.45) is 0. The van der Waals surface area contributed by atoms with Gasteiger partial charge in [-0.1, -0.05) is 121 Å². The fraction of sp³-hybridized carbons (Fsp3) is 0.0217. The summed E-state index contributed by atoms with van der Waals surface area (Å²) in [6, 6.07) is 59.0. The van der Waals surface area contributed by atoms with Crippen molar-refractivity contribution in [2.24, 2.45) is 4.99 Å². The molecule has 0 aliphatic rings. The standard InChI is InChI=1S/C46H33N3O/c47-41-18-7-5-16-39(41)46(33-23-27-44-40(28-33)37-15-6-8-19-43(37)50-44)48-29-30-20-24-34(25-21-30)49-42-26-22-32-11-2-4-14-36(32)45(42)38-17-9-12-31-10-1-3-13-35(31)38/h1-28,49H,29,47H2. The van der Waals surface area contributed by atoms with Gasteiger partial charge in [0.25, 0.3) is 0 Å². The molecule has 0 aliphatic heterocycles. The van der Waals surface area contributed by atoms with Gasteiger partial charge in [-0.3, -0.25) is 4.99 Å². The van der Waals surface area contributed by atoms with Crippen LogP contribution in [0.5, 0.6) is 0 Å². The van der Waals surface area contributed by atoms with Crippen molar-refractivity contribution in [2.75, 3.05) is 11.1 Å². The van der Waals surface area contributed by atoms with Crippen LogP contribution in [0.25, 0.3) is 54.6 Å². The Hall–Kier alpha value is -6.65. The zero-order valence-corrected chi connectivity index (χ0v) is 27.3. The minimum Gasteiger partial charge on any atom is -0.456 e. The first-order chi connectivity index (χ1) is 24.7. The monoisotopic (exact) mass is 643 g/mol. The van der Waals surface area contributed by atoms with Crippen LogP contribution in [-0.2, 0) is 6.54 Å². The van der Waals surface area contributed by atoms with Crippen LogP contribution in [0.4, 0.5) is 17.1 Å². The van der Waals surface area contributed by atoms with Gasteiger partial charge in [-0.05, 0) is 81.2 Å². The van der Waals surface area contributed by atoms with Crippen LogP contribution in [0.2, 0.25) is 0 Å². The van der Waals surface area contributed by atoms with Crippen molar-refractivity contribution < 1.29 is 4.42 Å². The molecule has 0 unspecified atom stereocenters. The Morgan fingerprint density at radius 3 is 2.08 bits per heavy atom. The Morgan fingerprint density at radius 2 is 1.24 bits per heavy atom. The SMILES string of the molecule is Nc1ccccc1C(=NCc1ccc(Nc2ccc3ccccc3c2-c2cccc3ccccc23)cc1)c1ccc2oc3ccccc3c2c1. The van der Waals surface area contributed by atoms with E-state index in [9.17, 15) is 0 Å². The number of furan rings is 1. The zero-order valence-electron chi connectivity index (χ0n) is 27.3. The van der Waals surface area contributed by atoms with Crippen molar-refractivity contribution in [1.29, 1.82) is 0 Å². The second-order valence-electron chi connectivity index (χ2n) is 12.6. The number of benzene rings is 8. The van der Waals surface area contributed by atoms with Crippen LogP contribution in [0.3, 0.4) is 0 Å². The number of aliphatic imine (C=N–C) groups is 1. The average Bonchev–Trinajstić information content (AvgIpc) is 3.54. The molecule has 4 nitrogen and oxygen atoms in total. The highest BCUT2D eigenvalue weighted by Gasteiger charge is 2.15. The van der Waals surface area contributed by atoms with Gasteiger partial charge in [0.15, 0.2) is 0 Å². The average molecular weight is 644 g/mol. The summed E-state index contributed by atoms with van der Waals surface area (Å²) >= 11 is 0. The Labute approximate surface area is 290 Å². The molecule has 0 atom stereocenters. The van der Waals surface area contributed by atoms with E-state index in [1.54, 1.807) is 0 Å². The van der Waals surface area contributed by atoms with Gasteiger partial charge in [0, 0.05) is 44.5 Å². The third kappa shape index (κ3) is 5.33. The van der Waals surface area contributed by atoms with E-state index < -0.39 is 0 Å². The lowest BCUT2D eigenvalue weighted by Crippen LogP contribution is -2.07. The Morgan fingerprint density at radius 1 is 0.560 bits per heavy atom. The molecule has 3 N–H and O–H groups in total. The normalized spacial score (nSPS) is 11.9. The molecular weight excluding hydrogens is 611 g/mol. The van der Waals surface area contributed by atoms with Gasteiger partial charge in [0.2, 0.25) is 0 Å². The van der Waals surface area contributed by atoms with E-state index in [0.717, 1.165) is 55.7 Å². The van der Waals surface area contributed by atoms with Crippen LogP contribution >= 0.6 is 0 Å². The smallest absolute Gasteiger partial charge is 0.135 e. The molecule has 0 radical (unpaired) electrons. The molecule has 0 fully saturated rings. The van der Waals surface area contributed by atoms with Gasteiger partial charge in [-0.15, -0.1) is 0 Å². The first-order valence-corrected chi connectivity index (χ1v) is 16.9. The Kier molecular flexibility index (Phi) is 7.33. The van der Waals surface area contributed by atoms with E-state index in [-0.39, 0.29) is 0 Å². The van der Waals surface area contributed by atoms with Crippen molar-refractivity contribution >= 4 is 66.3 Å². The van der Waals surface area contributed by atoms with Gasteiger partial charge in [-0.25, -0.2) is 0 Å². The molecule has 0 spiro atoms. The molecule has 50 heavy (non-hydrogen) atoms. The number of nitrogens with one attached hydrogen (secondary N) is 1. The first kappa shape index (κ1) is 29.5. The third-order valence-electron chi connectivity index (χ3n) is 9.51. The number of hydrogen-bond acceptors (Lipinski definition) is 4. The molecule has 238 valence electrons. The largest absolute Gasteiger partial charge is 0.456 e. The zero-order chi connectivity index (χ0) is 33.4. The highest BCUT2D eigenvalue weighted by atomic mass is 16.3. The van der Waals surface area contributed by atoms with Crippen molar-refractivity contribution in [2.45, 2.75) is 6.54 Å².